The lowest BCUT2D eigenvalue weighted by molar-refractivity contribution is 0.621. The van der Waals surface area contributed by atoms with E-state index >= 15 is 0 Å². The van der Waals surface area contributed by atoms with Gasteiger partial charge in [0.25, 0.3) is 0 Å². The van der Waals surface area contributed by atoms with Crippen molar-refractivity contribution in [2.45, 2.75) is 19.8 Å². The summed E-state index contributed by atoms with van der Waals surface area (Å²) < 4.78 is 12.8. The van der Waals surface area contributed by atoms with Crippen molar-refractivity contribution in [3.05, 3.63) is 41.1 Å². The zero-order chi connectivity index (χ0) is 12.3. The fraction of sp³-hybridized carbons (Fsp3) is 0.250. The first-order valence-electron chi connectivity index (χ1n) is 5.34. The van der Waals surface area contributed by atoms with Gasteiger partial charge in [0.15, 0.2) is 5.82 Å². The van der Waals surface area contributed by atoms with Gasteiger partial charge in [-0.25, -0.2) is 19.3 Å². The summed E-state index contributed by atoms with van der Waals surface area (Å²) in [6.07, 6.45) is 2.94. The lowest BCUT2D eigenvalue weighted by Gasteiger charge is -2.03. The van der Waals surface area contributed by atoms with Crippen LogP contribution in [0.2, 0.25) is 5.15 Å². The van der Waals surface area contributed by atoms with Gasteiger partial charge in [0.2, 0.25) is 0 Å². The van der Waals surface area contributed by atoms with E-state index in [0.717, 1.165) is 24.7 Å². The van der Waals surface area contributed by atoms with Crippen molar-refractivity contribution < 1.29 is 4.39 Å². The summed E-state index contributed by atoms with van der Waals surface area (Å²) in [6.45, 7) is 2.06. The average molecular weight is 252 g/mol. The predicted molar refractivity (Wildman–Crippen MR) is 64.2 cm³/mol. The second-order valence-electron chi connectivity index (χ2n) is 3.62. The molecule has 2 rings (SSSR count). The Hall–Kier alpha value is -1.55. The Labute approximate surface area is 104 Å². The van der Waals surface area contributed by atoms with Crippen LogP contribution in [0.4, 0.5) is 4.39 Å². The van der Waals surface area contributed by atoms with E-state index < -0.39 is 0 Å². The quantitative estimate of drug-likeness (QED) is 0.786. The maximum Gasteiger partial charge on any atom is 0.179 e. The van der Waals surface area contributed by atoms with Crippen molar-refractivity contribution in [1.82, 2.24) is 15.0 Å². The molecule has 0 aliphatic carbocycles. The highest BCUT2D eigenvalue weighted by Gasteiger charge is 2.06. The van der Waals surface area contributed by atoms with Crippen molar-refractivity contribution in [3.63, 3.8) is 0 Å². The number of rotatable bonds is 3. The molecule has 2 aromatic rings. The molecule has 0 N–H and O–H groups in total. The number of pyridine rings is 1. The fourth-order valence-corrected chi connectivity index (χ4v) is 1.68. The molecule has 88 valence electrons. The number of halogens is 2. The minimum absolute atomic E-state index is 0.379. The molecule has 0 aliphatic heterocycles. The van der Waals surface area contributed by atoms with Crippen molar-refractivity contribution >= 4 is 11.6 Å². The Kier molecular flexibility index (Phi) is 3.64. The molecule has 0 spiro atoms. The van der Waals surface area contributed by atoms with Gasteiger partial charge in [-0.2, -0.15) is 0 Å². The zero-order valence-corrected chi connectivity index (χ0v) is 10.1. The van der Waals surface area contributed by atoms with Gasteiger partial charge in [0.1, 0.15) is 16.7 Å². The fourth-order valence-electron chi connectivity index (χ4n) is 1.47. The van der Waals surface area contributed by atoms with Crippen LogP contribution in [0.3, 0.4) is 0 Å². The third kappa shape index (κ3) is 2.97. The molecular formula is C12H11ClFN3. The zero-order valence-electron chi connectivity index (χ0n) is 9.32. The van der Waals surface area contributed by atoms with Crippen LogP contribution in [0.25, 0.3) is 11.5 Å². The molecule has 0 saturated heterocycles. The van der Waals surface area contributed by atoms with Crippen LogP contribution >= 0.6 is 11.6 Å². The molecule has 0 atom stereocenters. The van der Waals surface area contributed by atoms with E-state index in [0.29, 0.717) is 16.7 Å². The Morgan fingerprint density at radius 2 is 2.12 bits per heavy atom. The minimum atomic E-state index is -0.385. The number of nitrogens with zero attached hydrogens (tertiary/aromatic N) is 3. The van der Waals surface area contributed by atoms with Gasteiger partial charge < -0.3 is 0 Å². The molecule has 3 nitrogen and oxygen atoms in total. The van der Waals surface area contributed by atoms with Crippen LogP contribution in [0.15, 0.2) is 24.4 Å². The Morgan fingerprint density at radius 3 is 2.76 bits per heavy atom. The van der Waals surface area contributed by atoms with Gasteiger partial charge in [-0.15, -0.1) is 0 Å². The Bertz CT molecular complexity index is 514. The second kappa shape index (κ2) is 5.19. The highest BCUT2D eigenvalue weighted by Crippen LogP contribution is 2.17. The molecule has 0 amide bonds. The first-order valence-corrected chi connectivity index (χ1v) is 5.72. The van der Waals surface area contributed by atoms with Crippen molar-refractivity contribution in [3.8, 4) is 11.5 Å². The summed E-state index contributed by atoms with van der Waals surface area (Å²) in [4.78, 5) is 12.4. The van der Waals surface area contributed by atoms with Gasteiger partial charge in [-0.1, -0.05) is 24.9 Å². The molecule has 17 heavy (non-hydrogen) atoms. The van der Waals surface area contributed by atoms with Crippen LogP contribution in [-0.2, 0) is 6.42 Å². The molecular weight excluding hydrogens is 241 g/mol. The van der Waals surface area contributed by atoms with E-state index in [-0.39, 0.29) is 5.82 Å². The Morgan fingerprint density at radius 1 is 1.29 bits per heavy atom. The molecule has 5 heteroatoms. The lowest BCUT2D eigenvalue weighted by Crippen LogP contribution is -1.97. The molecule has 0 unspecified atom stereocenters. The highest BCUT2D eigenvalue weighted by molar-refractivity contribution is 6.29. The first-order chi connectivity index (χ1) is 8.19. The lowest BCUT2D eigenvalue weighted by atomic mass is 10.2. The predicted octanol–water partition coefficient (Wildman–Crippen LogP) is 3.28. The summed E-state index contributed by atoms with van der Waals surface area (Å²) in [5.74, 6) is 0.0468. The summed E-state index contributed by atoms with van der Waals surface area (Å²) in [5.41, 5.74) is 1.39. The van der Waals surface area contributed by atoms with E-state index in [1.54, 1.807) is 6.07 Å². The van der Waals surface area contributed by atoms with E-state index in [1.807, 2.05) is 0 Å². The molecule has 2 heterocycles. The smallest absolute Gasteiger partial charge is 0.179 e. The SMILES string of the molecule is CCCc1cc(Cl)nc(-c2ccc(F)cn2)n1. The largest absolute Gasteiger partial charge is 0.250 e. The molecule has 0 fully saturated rings. The molecule has 0 bridgehead atoms. The monoisotopic (exact) mass is 251 g/mol. The molecule has 0 radical (unpaired) electrons. The topological polar surface area (TPSA) is 38.7 Å². The van der Waals surface area contributed by atoms with E-state index in [9.17, 15) is 4.39 Å². The maximum absolute atomic E-state index is 12.8. The number of hydrogen-bond acceptors (Lipinski definition) is 3. The standard InChI is InChI=1S/C12H11ClFN3/c1-2-3-9-6-11(13)17-12(16-9)10-5-4-8(14)7-15-10/h4-7H,2-3H2,1H3. The molecule has 0 saturated carbocycles. The molecule has 0 aromatic carbocycles. The summed E-state index contributed by atoms with van der Waals surface area (Å²) in [7, 11) is 0. The molecule has 2 aromatic heterocycles. The van der Waals surface area contributed by atoms with Crippen molar-refractivity contribution in [1.29, 1.82) is 0 Å². The van der Waals surface area contributed by atoms with Crippen LogP contribution in [0, 0.1) is 5.82 Å². The molecule has 0 aliphatic rings. The normalized spacial score (nSPS) is 10.5. The van der Waals surface area contributed by atoms with Crippen LogP contribution in [-0.4, -0.2) is 15.0 Å². The van der Waals surface area contributed by atoms with Gasteiger partial charge in [-0.05, 0) is 24.6 Å². The summed E-state index contributed by atoms with van der Waals surface area (Å²) in [6, 6.07) is 4.60. The number of aromatic nitrogens is 3. The third-order valence-corrected chi connectivity index (χ3v) is 2.40. The van der Waals surface area contributed by atoms with Gasteiger partial charge in [0.05, 0.1) is 6.20 Å². The number of aryl methyl sites for hydroxylation is 1. The third-order valence-electron chi connectivity index (χ3n) is 2.21. The highest BCUT2D eigenvalue weighted by atomic mass is 35.5. The van der Waals surface area contributed by atoms with Gasteiger partial charge in [-0.3, -0.25) is 0 Å². The van der Waals surface area contributed by atoms with Crippen LogP contribution < -0.4 is 0 Å². The summed E-state index contributed by atoms with van der Waals surface area (Å²) in [5, 5.41) is 0.379. The number of hydrogen-bond donors (Lipinski definition) is 0. The second-order valence-corrected chi connectivity index (χ2v) is 4.00. The van der Waals surface area contributed by atoms with E-state index in [4.69, 9.17) is 11.6 Å². The van der Waals surface area contributed by atoms with Crippen LogP contribution in [0.1, 0.15) is 19.0 Å². The minimum Gasteiger partial charge on any atom is -0.250 e. The van der Waals surface area contributed by atoms with Crippen molar-refractivity contribution in [2.75, 3.05) is 0 Å². The van der Waals surface area contributed by atoms with Gasteiger partial charge >= 0.3 is 0 Å². The Balaban J connectivity index is 2.40. The van der Waals surface area contributed by atoms with Crippen LogP contribution in [0.5, 0.6) is 0 Å². The average Bonchev–Trinajstić information content (AvgIpc) is 2.29. The van der Waals surface area contributed by atoms with Gasteiger partial charge in [0, 0.05) is 5.69 Å². The van der Waals surface area contributed by atoms with E-state index in [2.05, 4.69) is 21.9 Å². The van der Waals surface area contributed by atoms with E-state index in [1.165, 1.54) is 12.1 Å². The first kappa shape index (κ1) is 11.9. The maximum atomic E-state index is 12.8. The summed E-state index contributed by atoms with van der Waals surface area (Å²) >= 11 is 5.91. The van der Waals surface area contributed by atoms with Crippen molar-refractivity contribution in [2.24, 2.45) is 0 Å².